The molecule has 2 atom stereocenters. The van der Waals surface area contributed by atoms with Crippen LogP contribution in [0.3, 0.4) is 0 Å². The summed E-state index contributed by atoms with van der Waals surface area (Å²) < 4.78 is 11.1. The van der Waals surface area contributed by atoms with Crippen molar-refractivity contribution in [3.8, 4) is 11.3 Å². The lowest BCUT2D eigenvalue weighted by atomic mass is 9.88. The number of fused-ring (bicyclic) bond motifs is 1. The SMILES string of the molecule is COCC1CN(C(=O)OC(C)(C)C)C(C)CN1CC(=O)N1CC(C)(C)c2cnc(-c3ccccc3)cc21. The van der Waals surface area contributed by atoms with Gasteiger partial charge in [-0.05, 0) is 33.8 Å². The van der Waals surface area contributed by atoms with Crippen molar-refractivity contribution in [3.63, 3.8) is 0 Å². The molecule has 8 heteroatoms. The highest BCUT2D eigenvalue weighted by atomic mass is 16.6. The zero-order valence-electron chi connectivity index (χ0n) is 23.2. The zero-order chi connectivity index (χ0) is 27.0. The third-order valence-corrected chi connectivity index (χ3v) is 7.11. The minimum absolute atomic E-state index is 0.0380. The molecule has 8 nitrogen and oxygen atoms in total. The van der Waals surface area contributed by atoms with Crippen molar-refractivity contribution < 1.29 is 19.1 Å². The van der Waals surface area contributed by atoms with Gasteiger partial charge in [0.15, 0.2) is 0 Å². The van der Waals surface area contributed by atoms with Gasteiger partial charge in [-0.25, -0.2) is 4.79 Å². The molecule has 2 aromatic rings. The number of hydrogen-bond donors (Lipinski definition) is 0. The average molecular weight is 509 g/mol. The second kappa shape index (κ2) is 10.4. The Labute approximate surface area is 220 Å². The normalized spacial score (nSPS) is 21.6. The number of aromatic nitrogens is 1. The van der Waals surface area contributed by atoms with Gasteiger partial charge in [0.1, 0.15) is 5.60 Å². The van der Waals surface area contributed by atoms with Gasteiger partial charge in [-0.15, -0.1) is 0 Å². The fourth-order valence-electron chi connectivity index (χ4n) is 5.23. The molecule has 2 aliphatic rings. The lowest BCUT2D eigenvalue weighted by molar-refractivity contribution is -0.121. The summed E-state index contributed by atoms with van der Waals surface area (Å²) >= 11 is 0. The van der Waals surface area contributed by atoms with E-state index in [4.69, 9.17) is 14.5 Å². The quantitative estimate of drug-likeness (QED) is 0.599. The maximum absolute atomic E-state index is 13.8. The predicted octanol–water partition coefficient (Wildman–Crippen LogP) is 4.33. The van der Waals surface area contributed by atoms with E-state index in [1.165, 1.54) is 0 Å². The van der Waals surface area contributed by atoms with E-state index in [1.54, 1.807) is 12.0 Å². The molecule has 2 unspecified atom stereocenters. The van der Waals surface area contributed by atoms with Crippen molar-refractivity contribution in [1.29, 1.82) is 0 Å². The van der Waals surface area contributed by atoms with Crippen molar-refractivity contribution in [1.82, 2.24) is 14.8 Å². The molecule has 37 heavy (non-hydrogen) atoms. The number of nitrogens with zero attached hydrogens (tertiary/aromatic N) is 4. The van der Waals surface area contributed by atoms with Crippen LogP contribution in [-0.2, 0) is 19.7 Å². The Morgan fingerprint density at radius 2 is 1.84 bits per heavy atom. The minimum atomic E-state index is -0.565. The number of rotatable bonds is 5. The topological polar surface area (TPSA) is 75.2 Å². The smallest absolute Gasteiger partial charge is 0.410 e. The van der Waals surface area contributed by atoms with Crippen LogP contribution in [0.2, 0.25) is 0 Å². The number of carbonyl (C=O) groups excluding carboxylic acids is 2. The molecule has 1 aromatic heterocycles. The van der Waals surface area contributed by atoms with Crippen LogP contribution in [0.1, 0.15) is 47.1 Å². The zero-order valence-corrected chi connectivity index (χ0v) is 23.2. The third kappa shape index (κ3) is 5.96. The van der Waals surface area contributed by atoms with Crippen LogP contribution in [0.25, 0.3) is 11.3 Å². The van der Waals surface area contributed by atoms with Crippen LogP contribution >= 0.6 is 0 Å². The first kappa shape index (κ1) is 27.1. The van der Waals surface area contributed by atoms with E-state index in [-0.39, 0.29) is 36.0 Å². The van der Waals surface area contributed by atoms with E-state index in [9.17, 15) is 9.59 Å². The third-order valence-electron chi connectivity index (χ3n) is 7.11. The average Bonchev–Trinajstić information content (AvgIpc) is 3.10. The Morgan fingerprint density at radius 3 is 2.49 bits per heavy atom. The van der Waals surface area contributed by atoms with Crippen molar-refractivity contribution in [3.05, 3.63) is 48.2 Å². The first-order valence-electron chi connectivity index (χ1n) is 13.0. The number of anilines is 1. The standard InChI is InChI=1S/C29H40N4O4/c1-20-15-31(22(18-36-7)16-32(20)27(35)37-28(2,3)4)17-26(34)33-19-29(5,6)23-14-30-24(13-25(23)33)21-11-9-8-10-12-21/h8-14,20,22H,15-19H2,1-7H3. The number of benzene rings is 1. The Balaban J connectivity index is 1.54. The number of amides is 2. The Morgan fingerprint density at radius 1 is 1.14 bits per heavy atom. The van der Waals surface area contributed by atoms with Crippen LogP contribution < -0.4 is 4.90 Å². The summed E-state index contributed by atoms with van der Waals surface area (Å²) in [6, 6.07) is 11.9. The number of pyridine rings is 1. The lowest BCUT2D eigenvalue weighted by Gasteiger charge is -2.45. The summed E-state index contributed by atoms with van der Waals surface area (Å²) in [7, 11) is 1.65. The van der Waals surface area contributed by atoms with Crippen molar-refractivity contribution in [2.24, 2.45) is 0 Å². The van der Waals surface area contributed by atoms with E-state index in [1.807, 2.05) is 75.2 Å². The monoisotopic (exact) mass is 508 g/mol. The molecule has 200 valence electrons. The number of carbonyl (C=O) groups is 2. The summed E-state index contributed by atoms with van der Waals surface area (Å²) in [6.45, 7) is 14.2. The van der Waals surface area contributed by atoms with E-state index < -0.39 is 5.60 Å². The van der Waals surface area contributed by atoms with Crippen LogP contribution in [0.4, 0.5) is 10.5 Å². The van der Waals surface area contributed by atoms with Gasteiger partial charge in [0.2, 0.25) is 5.91 Å². The van der Waals surface area contributed by atoms with Gasteiger partial charge in [0, 0.05) is 55.5 Å². The molecule has 2 aliphatic heterocycles. The van der Waals surface area contributed by atoms with E-state index in [2.05, 4.69) is 18.7 Å². The Kier molecular flexibility index (Phi) is 7.62. The van der Waals surface area contributed by atoms with Gasteiger partial charge in [-0.1, -0.05) is 44.2 Å². The molecule has 1 fully saturated rings. The largest absolute Gasteiger partial charge is 0.444 e. The molecule has 0 bridgehead atoms. The van der Waals surface area contributed by atoms with Crippen molar-refractivity contribution >= 4 is 17.7 Å². The maximum Gasteiger partial charge on any atom is 0.410 e. The molecule has 0 saturated carbocycles. The van der Waals surface area contributed by atoms with E-state index >= 15 is 0 Å². The molecule has 3 heterocycles. The first-order chi connectivity index (χ1) is 17.4. The fourth-order valence-corrected chi connectivity index (χ4v) is 5.23. The van der Waals surface area contributed by atoms with Gasteiger partial charge >= 0.3 is 6.09 Å². The van der Waals surface area contributed by atoms with Crippen LogP contribution in [0, 0.1) is 0 Å². The van der Waals surface area contributed by atoms with Crippen molar-refractivity contribution in [2.45, 2.75) is 64.6 Å². The fraction of sp³-hybridized carbons (Fsp3) is 0.552. The highest BCUT2D eigenvalue weighted by Crippen LogP contribution is 2.41. The highest BCUT2D eigenvalue weighted by Gasteiger charge is 2.41. The highest BCUT2D eigenvalue weighted by molar-refractivity contribution is 5.98. The number of piperazine rings is 1. The molecule has 0 N–H and O–H groups in total. The summed E-state index contributed by atoms with van der Waals surface area (Å²) in [4.78, 5) is 37.1. The van der Waals surface area contributed by atoms with Crippen LogP contribution in [-0.4, -0.2) is 84.4 Å². The molecule has 4 rings (SSSR count). The van der Waals surface area contributed by atoms with Crippen LogP contribution in [0.5, 0.6) is 0 Å². The van der Waals surface area contributed by atoms with Gasteiger partial charge < -0.3 is 19.3 Å². The second-order valence-corrected chi connectivity index (χ2v) is 11.8. The maximum atomic E-state index is 13.8. The summed E-state index contributed by atoms with van der Waals surface area (Å²) in [5, 5.41) is 0. The molecule has 2 amide bonds. The predicted molar refractivity (Wildman–Crippen MR) is 145 cm³/mol. The number of methoxy groups -OCH3 is 1. The van der Waals surface area contributed by atoms with Gasteiger partial charge in [0.25, 0.3) is 0 Å². The van der Waals surface area contributed by atoms with Gasteiger partial charge in [-0.3, -0.25) is 14.7 Å². The molecule has 0 aliphatic carbocycles. The summed E-state index contributed by atoms with van der Waals surface area (Å²) in [5.41, 5.74) is 3.12. The van der Waals surface area contributed by atoms with E-state index in [0.29, 0.717) is 26.2 Å². The van der Waals surface area contributed by atoms with Gasteiger partial charge in [-0.2, -0.15) is 0 Å². The molecular weight excluding hydrogens is 468 g/mol. The molecule has 1 aromatic carbocycles. The number of hydrogen-bond acceptors (Lipinski definition) is 6. The first-order valence-corrected chi connectivity index (χ1v) is 13.0. The Bertz CT molecular complexity index is 1130. The Hall–Kier alpha value is -2.97. The molecule has 0 spiro atoms. The summed E-state index contributed by atoms with van der Waals surface area (Å²) in [5.74, 6) is 0.0380. The molecule has 0 radical (unpaired) electrons. The van der Waals surface area contributed by atoms with Crippen LogP contribution in [0.15, 0.2) is 42.6 Å². The number of ether oxygens (including phenoxy) is 2. The van der Waals surface area contributed by atoms with E-state index in [0.717, 1.165) is 22.5 Å². The lowest BCUT2D eigenvalue weighted by Crippen LogP contribution is -2.62. The van der Waals surface area contributed by atoms with Crippen molar-refractivity contribution in [2.75, 3.05) is 44.8 Å². The second-order valence-electron chi connectivity index (χ2n) is 11.8. The molecular formula is C29H40N4O4. The summed E-state index contributed by atoms with van der Waals surface area (Å²) in [6.07, 6.45) is 1.59. The minimum Gasteiger partial charge on any atom is -0.444 e. The van der Waals surface area contributed by atoms with Gasteiger partial charge in [0.05, 0.1) is 30.6 Å². The molecule has 1 saturated heterocycles.